The minimum absolute atomic E-state index is 0.00578. The monoisotopic (exact) mass is 244 g/mol. The van der Waals surface area contributed by atoms with Crippen molar-refractivity contribution in [1.82, 2.24) is 10.2 Å². The number of morpholine rings is 1. The molecule has 1 atom stereocenters. The Labute approximate surface area is 101 Å². The number of aliphatic carboxylic acids is 1. The molecule has 0 spiro atoms. The smallest absolute Gasteiger partial charge is 0.305 e. The molecule has 0 aromatic carbocycles. The number of rotatable bonds is 6. The van der Waals surface area contributed by atoms with Gasteiger partial charge in [-0.25, -0.2) is 0 Å². The fraction of sp³-hybridized carbons (Fsp3) is 0.818. The van der Waals surface area contributed by atoms with Crippen molar-refractivity contribution >= 4 is 11.9 Å². The van der Waals surface area contributed by atoms with Gasteiger partial charge in [0, 0.05) is 32.1 Å². The summed E-state index contributed by atoms with van der Waals surface area (Å²) in [5, 5.41) is 11.8. The molecule has 0 saturated carbocycles. The third-order valence-corrected chi connectivity index (χ3v) is 2.75. The van der Waals surface area contributed by atoms with Crippen molar-refractivity contribution in [3.05, 3.63) is 0 Å². The van der Waals surface area contributed by atoms with Crippen LogP contribution < -0.4 is 5.32 Å². The van der Waals surface area contributed by atoms with Crippen LogP contribution in [0.15, 0.2) is 0 Å². The summed E-state index contributed by atoms with van der Waals surface area (Å²) in [6, 6.07) is 0.0510. The minimum Gasteiger partial charge on any atom is -0.481 e. The molecule has 1 amide bonds. The second-order valence-electron chi connectivity index (χ2n) is 4.05. The number of hydrogen-bond acceptors (Lipinski definition) is 4. The first-order chi connectivity index (χ1) is 8.13. The lowest BCUT2D eigenvalue weighted by molar-refractivity contribution is -0.138. The van der Waals surface area contributed by atoms with Gasteiger partial charge in [0.05, 0.1) is 19.6 Å². The lowest BCUT2D eigenvalue weighted by atomic mass is 10.1. The molecule has 1 rings (SSSR count). The van der Waals surface area contributed by atoms with E-state index in [1.54, 1.807) is 4.90 Å². The summed E-state index contributed by atoms with van der Waals surface area (Å²) in [5.41, 5.74) is 0. The minimum atomic E-state index is -0.879. The normalized spacial score (nSPS) is 19.9. The Kier molecular flexibility index (Phi) is 5.93. The zero-order valence-corrected chi connectivity index (χ0v) is 10.1. The number of nitrogens with zero attached hydrogens (tertiary/aromatic N) is 1. The van der Waals surface area contributed by atoms with E-state index in [9.17, 15) is 9.59 Å². The van der Waals surface area contributed by atoms with Gasteiger partial charge in [0.2, 0.25) is 5.91 Å². The summed E-state index contributed by atoms with van der Waals surface area (Å²) >= 11 is 0. The molecule has 2 N–H and O–H groups in total. The van der Waals surface area contributed by atoms with Gasteiger partial charge >= 0.3 is 5.97 Å². The van der Waals surface area contributed by atoms with E-state index in [-0.39, 0.29) is 24.9 Å². The average Bonchev–Trinajstić information content (AvgIpc) is 2.30. The van der Waals surface area contributed by atoms with Crippen molar-refractivity contribution in [3.8, 4) is 0 Å². The molecule has 0 aliphatic carbocycles. The van der Waals surface area contributed by atoms with Crippen molar-refractivity contribution in [2.75, 3.05) is 32.8 Å². The van der Waals surface area contributed by atoms with Gasteiger partial charge in [-0.1, -0.05) is 0 Å². The van der Waals surface area contributed by atoms with E-state index in [0.717, 1.165) is 6.54 Å². The highest BCUT2D eigenvalue weighted by Crippen LogP contribution is 2.03. The van der Waals surface area contributed by atoms with Crippen LogP contribution in [0.5, 0.6) is 0 Å². The molecular weight excluding hydrogens is 224 g/mol. The predicted molar refractivity (Wildman–Crippen MR) is 61.7 cm³/mol. The maximum absolute atomic E-state index is 11.9. The van der Waals surface area contributed by atoms with Crippen LogP contribution in [0.4, 0.5) is 0 Å². The SMILES string of the molecule is CCN(CCC(=O)O)C(=O)CC1COCCN1. The van der Waals surface area contributed by atoms with Gasteiger partial charge in [-0.15, -0.1) is 0 Å². The lowest BCUT2D eigenvalue weighted by Crippen LogP contribution is -2.45. The molecule has 0 aromatic heterocycles. The highest BCUT2D eigenvalue weighted by atomic mass is 16.5. The third-order valence-electron chi connectivity index (χ3n) is 2.75. The van der Waals surface area contributed by atoms with Crippen molar-refractivity contribution in [2.45, 2.75) is 25.8 Å². The van der Waals surface area contributed by atoms with Crippen LogP contribution in [0.25, 0.3) is 0 Å². The van der Waals surface area contributed by atoms with E-state index in [0.29, 0.717) is 26.2 Å². The van der Waals surface area contributed by atoms with Crippen LogP contribution in [-0.2, 0) is 14.3 Å². The molecule has 17 heavy (non-hydrogen) atoms. The molecule has 0 aromatic rings. The van der Waals surface area contributed by atoms with Crippen molar-refractivity contribution in [1.29, 1.82) is 0 Å². The number of hydrogen-bond donors (Lipinski definition) is 2. The number of carboxylic acids is 1. The summed E-state index contributed by atoms with van der Waals surface area (Å²) in [7, 11) is 0. The Morgan fingerprint density at radius 3 is 2.82 bits per heavy atom. The average molecular weight is 244 g/mol. The molecule has 6 nitrogen and oxygen atoms in total. The number of carbonyl (C=O) groups is 2. The number of carboxylic acid groups (broad SMARTS) is 1. The Bertz CT molecular complexity index is 264. The van der Waals surface area contributed by atoms with E-state index < -0.39 is 5.97 Å². The molecule has 6 heteroatoms. The highest BCUT2D eigenvalue weighted by Gasteiger charge is 2.20. The van der Waals surface area contributed by atoms with Crippen LogP contribution >= 0.6 is 0 Å². The topological polar surface area (TPSA) is 78.9 Å². The van der Waals surface area contributed by atoms with Crippen LogP contribution in [0, 0.1) is 0 Å². The maximum atomic E-state index is 11.9. The van der Waals surface area contributed by atoms with Crippen molar-refractivity contribution < 1.29 is 19.4 Å². The standard InChI is InChI=1S/C11H20N2O4/c1-2-13(5-3-11(15)16)10(14)7-9-8-17-6-4-12-9/h9,12H,2-8H2,1H3,(H,15,16). The first kappa shape index (κ1) is 13.9. The molecule has 1 aliphatic heterocycles. The van der Waals surface area contributed by atoms with E-state index in [4.69, 9.17) is 9.84 Å². The molecular formula is C11H20N2O4. The van der Waals surface area contributed by atoms with Gasteiger partial charge in [0.15, 0.2) is 0 Å². The fourth-order valence-electron chi connectivity index (χ4n) is 1.78. The Morgan fingerprint density at radius 2 is 2.29 bits per heavy atom. The number of nitrogens with one attached hydrogen (secondary N) is 1. The molecule has 1 heterocycles. The van der Waals surface area contributed by atoms with E-state index >= 15 is 0 Å². The van der Waals surface area contributed by atoms with Gasteiger partial charge in [-0.2, -0.15) is 0 Å². The first-order valence-corrected chi connectivity index (χ1v) is 5.94. The number of amides is 1. The number of carbonyl (C=O) groups excluding carboxylic acids is 1. The summed E-state index contributed by atoms with van der Waals surface area (Å²) in [5.74, 6) is -0.896. The predicted octanol–water partition coefficient (Wildman–Crippen LogP) is -0.312. The first-order valence-electron chi connectivity index (χ1n) is 5.94. The zero-order chi connectivity index (χ0) is 12.7. The van der Waals surface area contributed by atoms with E-state index in [1.165, 1.54) is 0 Å². The maximum Gasteiger partial charge on any atom is 0.305 e. The van der Waals surface area contributed by atoms with Crippen molar-refractivity contribution in [3.63, 3.8) is 0 Å². The second-order valence-corrected chi connectivity index (χ2v) is 4.05. The van der Waals surface area contributed by atoms with Gasteiger partial charge < -0.3 is 20.1 Å². The molecule has 1 saturated heterocycles. The van der Waals surface area contributed by atoms with Crippen LogP contribution in [-0.4, -0.2) is 60.8 Å². The van der Waals surface area contributed by atoms with Gasteiger partial charge in [-0.3, -0.25) is 9.59 Å². The van der Waals surface area contributed by atoms with Crippen LogP contribution in [0.1, 0.15) is 19.8 Å². The largest absolute Gasteiger partial charge is 0.481 e. The van der Waals surface area contributed by atoms with Gasteiger partial charge in [0.25, 0.3) is 0 Å². The quantitative estimate of drug-likeness (QED) is 0.670. The fourth-order valence-corrected chi connectivity index (χ4v) is 1.78. The summed E-state index contributed by atoms with van der Waals surface area (Å²) in [6.07, 6.45) is 0.363. The summed E-state index contributed by atoms with van der Waals surface area (Å²) in [6.45, 7) is 4.66. The third kappa shape index (κ3) is 5.14. The molecule has 0 bridgehead atoms. The second kappa shape index (κ2) is 7.24. The van der Waals surface area contributed by atoms with Gasteiger partial charge in [0.1, 0.15) is 0 Å². The molecule has 1 unspecified atom stereocenters. The van der Waals surface area contributed by atoms with Crippen LogP contribution in [0.3, 0.4) is 0 Å². The Balaban J connectivity index is 2.34. The Morgan fingerprint density at radius 1 is 1.53 bits per heavy atom. The summed E-state index contributed by atoms with van der Waals surface area (Å²) in [4.78, 5) is 23.9. The van der Waals surface area contributed by atoms with E-state index in [2.05, 4.69) is 5.32 Å². The van der Waals surface area contributed by atoms with Crippen LogP contribution in [0.2, 0.25) is 0 Å². The highest BCUT2D eigenvalue weighted by molar-refractivity contribution is 5.77. The molecule has 1 aliphatic rings. The van der Waals surface area contributed by atoms with Gasteiger partial charge in [-0.05, 0) is 6.92 Å². The van der Waals surface area contributed by atoms with E-state index in [1.807, 2.05) is 6.92 Å². The number of ether oxygens (including phenoxy) is 1. The van der Waals surface area contributed by atoms with Crippen molar-refractivity contribution in [2.24, 2.45) is 0 Å². The molecule has 0 radical (unpaired) electrons. The summed E-state index contributed by atoms with van der Waals surface area (Å²) < 4.78 is 5.27. The lowest BCUT2D eigenvalue weighted by Gasteiger charge is -2.26. The molecule has 1 fully saturated rings. The zero-order valence-electron chi connectivity index (χ0n) is 10.1. The Hall–Kier alpha value is -1.14. The molecule has 98 valence electrons.